The van der Waals surface area contributed by atoms with E-state index in [1.807, 2.05) is 6.92 Å². The number of halogens is 3. The van der Waals surface area contributed by atoms with Gasteiger partial charge in [0.25, 0.3) is 6.43 Å². The highest BCUT2D eigenvalue weighted by atomic mass is 127. The lowest BCUT2D eigenvalue weighted by Gasteiger charge is -2.16. The molecule has 3 nitrogen and oxygen atoms in total. The summed E-state index contributed by atoms with van der Waals surface area (Å²) >= 11 is 0. The molecule has 0 radical (unpaired) electrons. The Bertz CT molecular complexity index is 236. The molecule has 0 aliphatic heterocycles. The van der Waals surface area contributed by atoms with Crippen LogP contribution in [0, 0.1) is 0 Å². The predicted molar refractivity (Wildman–Crippen MR) is 72.7 cm³/mol. The van der Waals surface area contributed by atoms with Crippen molar-refractivity contribution in [1.29, 1.82) is 0 Å². The molecule has 0 aromatic carbocycles. The number of hydrogen-bond acceptors (Lipinski definition) is 1. The molecule has 0 aromatic rings. The molecule has 0 amide bonds. The van der Waals surface area contributed by atoms with Gasteiger partial charge in [0.2, 0.25) is 0 Å². The van der Waals surface area contributed by atoms with Crippen LogP contribution in [-0.2, 0) is 0 Å². The molecule has 0 saturated carbocycles. The van der Waals surface area contributed by atoms with Crippen LogP contribution in [0.25, 0.3) is 0 Å². The second kappa shape index (κ2) is 8.72. The minimum absolute atomic E-state index is 0. The summed E-state index contributed by atoms with van der Waals surface area (Å²) in [6.45, 7) is 2.14. The van der Waals surface area contributed by atoms with E-state index in [1.165, 1.54) is 0 Å². The first-order chi connectivity index (χ1) is 7.22. The summed E-state index contributed by atoms with van der Waals surface area (Å²) in [6, 6.07) is 0.292. The number of nitrogens with one attached hydrogen (secondary N) is 2. The fourth-order valence-corrected chi connectivity index (χ4v) is 1.41. The number of hydrogen-bond donors (Lipinski definition) is 2. The maximum absolute atomic E-state index is 12.0. The Morgan fingerprint density at radius 3 is 2.56 bits per heavy atom. The molecule has 1 rings (SSSR count). The van der Waals surface area contributed by atoms with E-state index in [4.69, 9.17) is 0 Å². The van der Waals surface area contributed by atoms with Crippen molar-refractivity contribution in [1.82, 2.24) is 10.6 Å². The lowest BCUT2D eigenvalue weighted by molar-refractivity contribution is 0.158. The maximum atomic E-state index is 12.0. The van der Waals surface area contributed by atoms with Gasteiger partial charge in [0.05, 0.1) is 0 Å². The Hall–Kier alpha value is -0.400. The first-order valence-corrected chi connectivity index (χ1v) is 5.20. The molecule has 0 spiro atoms. The van der Waals surface area contributed by atoms with Gasteiger partial charge in [-0.15, -0.1) is 24.0 Å². The van der Waals surface area contributed by atoms with Crippen molar-refractivity contribution in [3.05, 3.63) is 12.2 Å². The molecule has 0 heterocycles. The van der Waals surface area contributed by atoms with E-state index in [9.17, 15) is 8.78 Å². The van der Waals surface area contributed by atoms with Gasteiger partial charge < -0.3 is 10.6 Å². The molecule has 0 fully saturated rings. The van der Waals surface area contributed by atoms with Crippen LogP contribution < -0.4 is 10.6 Å². The van der Waals surface area contributed by atoms with Crippen LogP contribution in [0.15, 0.2) is 17.1 Å². The first kappa shape index (κ1) is 15.6. The van der Waals surface area contributed by atoms with Gasteiger partial charge in [0.1, 0.15) is 6.54 Å². The van der Waals surface area contributed by atoms with Crippen molar-refractivity contribution in [2.75, 3.05) is 13.1 Å². The molecule has 94 valence electrons. The Labute approximate surface area is 112 Å². The van der Waals surface area contributed by atoms with Gasteiger partial charge in [-0.25, -0.2) is 13.8 Å². The molecule has 0 unspecified atom stereocenters. The molecule has 0 aromatic heterocycles. The predicted octanol–water partition coefficient (Wildman–Crippen LogP) is 2.14. The molecular weight excluding hydrogens is 327 g/mol. The van der Waals surface area contributed by atoms with E-state index in [-0.39, 0.29) is 24.0 Å². The lowest BCUT2D eigenvalue weighted by Crippen LogP contribution is -2.42. The summed E-state index contributed by atoms with van der Waals surface area (Å²) in [6.07, 6.45) is 3.63. The number of alkyl halides is 2. The Morgan fingerprint density at radius 1 is 1.44 bits per heavy atom. The highest BCUT2D eigenvalue weighted by molar-refractivity contribution is 14.0. The second-order valence-corrected chi connectivity index (χ2v) is 3.39. The van der Waals surface area contributed by atoms with E-state index < -0.39 is 13.0 Å². The highest BCUT2D eigenvalue weighted by Gasteiger charge is 2.11. The molecule has 16 heavy (non-hydrogen) atoms. The summed E-state index contributed by atoms with van der Waals surface area (Å²) in [5.74, 6) is 0.478. The maximum Gasteiger partial charge on any atom is 0.257 e. The molecule has 1 aliphatic carbocycles. The summed E-state index contributed by atoms with van der Waals surface area (Å²) in [5.41, 5.74) is 0. The third kappa shape index (κ3) is 6.24. The Morgan fingerprint density at radius 2 is 2.06 bits per heavy atom. The number of aliphatic imine (C=N–C) groups is 1. The summed E-state index contributed by atoms with van der Waals surface area (Å²) < 4.78 is 23.9. The van der Waals surface area contributed by atoms with Crippen molar-refractivity contribution < 1.29 is 8.78 Å². The highest BCUT2D eigenvalue weighted by Crippen LogP contribution is 2.08. The fourth-order valence-electron chi connectivity index (χ4n) is 1.41. The topological polar surface area (TPSA) is 36.4 Å². The molecule has 1 aliphatic rings. The molecule has 0 saturated heterocycles. The van der Waals surface area contributed by atoms with Crippen molar-refractivity contribution in [3.63, 3.8) is 0 Å². The Balaban J connectivity index is 0.00000225. The third-order valence-electron chi connectivity index (χ3n) is 2.08. The number of nitrogens with zero attached hydrogens (tertiary/aromatic N) is 1. The molecular formula is C10H18F2IN3. The zero-order valence-corrected chi connectivity index (χ0v) is 11.6. The van der Waals surface area contributed by atoms with E-state index >= 15 is 0 Å². The van der Waals surface area contributed by atoms with Gasteiger partial charge >= 0.3 is 0 Å². The molecule has 0 atom stereocenters. The summed E-state index contributed by atoms with van der Waals surface area (Å²) in [5, 5.41) is 6.06. The van der Waals surface area contributed by atoms with Crippen LogP contribution in [0.2, 0.25) is 0 Å². The molecule has 0 bridgehead atoms. The monoisotopic (exact) mass is 345 g/mol. The minimum Gasteiger partial charge on any atom is -0.357 e. The second-order valence-electron chi connectivity index (χ2n) is 3.39. The van der Waals surface area contributed by atoms with E-state index in [1.54, 1.807) is 0 Å². The van der Waals surface area contributed by atoms with Crippen LogP contribution in [0.1, 0.15) is 19.8 Å². The number of rotatable bonds is 4. The fraction of sp³-hybridized carbons (Fsp3) is 0.700. The van der Waals surface area contributed by atoms with Crippen molar-refractivity contribution in [2.24, 2.45) is 4.99 Å². The van der Waals surface area contributed by atoms with Gasteiger partial charge in [0, 0.05) is 12.6 Å². The average Bonchev–Trinajstić information content (AvgIpc) is 2.67. The molecule has 6 heteroatoms. The summed E-state index contributed by atoms with van der Waals surface area (Å²) in [4.78, 5) is 3.79. The van der Waals surface area contributed by atoms with Crippen molar-refractivity contribution in [3.8, 4) is 0 Å². The summed E-state index contributed by atoms with van der Waals surface area (Å²) in [7, 11) is 0. The van der Waals surface area contributed by atoms with Crippen LogP contribution in [0.4, 0.5) is 8.78 Å². The molecule has 2 N–H and O–H groups in total. The van der Waals surface area contributed by atoms with Gasteiger partial charge in [-0.3, -0.25) is 0 Å². The van der Waals surface area contributed by atoms with Crippen LogP contribution in [0.3, 0.4) is 0 Å². The Kier molecular flexibility index (Phi) is 8.50. The van der Waals surface area contributed by atoms with Gasteiger partial charge in [-0.2, -0.15) is 0 Å². The standard InChI is InChI=1S/C10H17F2N3.HI/c1-2-13-10(14-7-9(11)12)15-8-5-3-4-6-8;/h3-4,8-9H,2,5-7H2,1H3,(H2,13,14,15);1H. The largest absolute Gasteiger partial charge is 0.357 e. The zero-order valence-electron chi connectivity index (χ0n) is 9.25. The average molecular weight is 345 g/mol. The van der Waals surface area contributed by atoms with Crippen LogP contribution in [-0.4, -0.2) is 31.5 Å². The zero-order chi connectivity index (χ0) is 11.1. The van der Waals surface area contributed by atoms with Gasteiger partial charge in [-0.05, 0) is 19.8 Å². The van der Waals surface area contributed by atoms with Crippen molar-refractivity contribution >= 4 is 29.9 Å². The quantitative estimate of drug-likeness (QED) is 0.355. The van der Waals surface area contributed by atoms with Crippen LogP contribution in [0.5, 0.6) is 0 Å². The van der Waals surface area contributed by atoms with Gasteiger partial charge in [0.15, 0.2) is 5.96 Å². The van der Waals surface area contributed by atoms with Gasteiger partial charge in [-0.1, -0.05) is 12.2 Å². The van der Waals surface area contributed by atoms with E-state index in [0.29, 0.717) is 18.5 Å². The smallest absolute Gasteiger partial charge is 0.257 e. The van der Waals surface area contributed by atoms with Crippen LogP contribution >= 0.6 is 24.0 Å². The normalized spacial score (nSPS) is 16.4. The minimum atomic E-state index is -2.39. The first-order valence-electron chi connectivity index (χ1n) is 5.20. The lowest BCUT2D eigenvalue weighted by atomic mass is 10.2. The van der Waals surface area contributed by atoms with E-state index in [2.05, 4.69) is 27.8 Å². The SMILES string of the molecule is CCNC(=NCC(F)F)NC1CC=CC1.I. The van der Waals surface area contributed by atoms with Crippen molar-refractivity contribution in [2.45, 2.75) is 32.2 Å². The third-order valence-corrected chi connectivity index (χ3v) is 2.08. The van der Waals surface area contributed by atoms with E-state index in [0.717, 1.165) is 12.8 Å². The number of guanidine groups is 1.